The number of nitrogens with one attached hydrogen (secondary N) is 1. The van der Waals surface area contributed by atoms with Crippen LogP contribution in [-0.4, -0.2) is 18.6 Å². The van der Waals surface area contributed by atoms with Gasteiger partial charge in [-0.15, -0.1) is 0 Å². The Balaban J connectivity index is 2.50. The van der Waals surface area contributed by atoms with Crippen molar-refractivity contribution in [2.45, 2.75) is 6.92 Å². The fourth-order valence-corrected chi connectivity index (χ4v) is 2.04. The van der Waals surface area contributed by atoms with Crippen LogP contribution >= 0.6 is 11.8 Å². The van der Waals surface area contributed by atoms with Gasteiger partial charge in [-0.25, -0.2) is 4.39 Å². The minimum Gasteiger partial charge on any atom is -0.399 e. The Morgan fingerprint density at radius 3 is 2.80 bits per heavy atom. The van der Waals surface area contributed by atoms with Gasteiger partial charge < -0.3 is 11.1 Å². The number of benzene rings is 1. The number of thioether (sulfide) groups is 1. The van der Waals surface area contributed by atoms with Crippen molar-refractivity contribution in [2.24, 2.45) is 5.92 Å². The second kappa shape index (κ2) is 5.85. The van der Waals surface area contributed by atoms with Crippen molar-refractivity contribution in [3.8, 4) is 0 Å². The maximum Gasteiger partial charge on any atom is 0.127 e. The second-order valence-electron chi connectivity index (χ2n) is 3.71. The van der Waals surface area contributed by atoms with Crippen molar-refractivity contribution in [1.82, 2.24) is 0 Å². The number of nitrogen functional groups attached to an aromatic ring is 1. The van der Waals surface area contributed by atoms with E-state index >= 15 is 0 Å². The molecule has 1 aromatic carbocycles. The van der Waals surface area contributed by atoms with E-state index in [0.29, 0.717) is 11.6 Å². The Kier molecular flexibility index (Phi) is 4.75. The molecule has 0 fully saturated rings. The van der Waals surface area contributed by atoms with Crippen molar-refractivity contribution >= 4 is 23.1 Å². The summed E-state index contributed by atoms with van der Waals surface area (Å²) in [6.07, 6.45) is 2.08. The topological polar surface area (TPSA) is 38.0 Å². The zero-order valence-electron chi connectivity index (χ0n) is 9.09. The van der Waals surface area contributed by atoms with Crippen LogP contribution in [0.3, 0.4) is 0 Å². The van der Waals surface area contributed by atoms with E-state index in [9.17, 15) is 4.39 Å². The van der Waals surface area contributed by atoms with Crippen LogP contribution in [0.5, 0.6) is 0 Å². The van der Waals surface area contributed by atoms with Gasteiger partial charge in [0.25, 0.3) is 0 Å². The summed E-state index contributed by atoms with van der Waals surface area (Å²) < 4.78 is 13.0. The van der Waals surface area contributed by atoms with Crippen molar-refractivity contribution in [3.63, 3.8) is 0 Å². The Morgan fingerprint density at radius 2 is 2.20 bits per heavy atom. The van der Waals surface area contributed by atoms with Crippen LogP contribution < -0.4 is 11.1 Å². The Morgan fingerprint density at radius 1 is 1.47 bits per heavy atom. The first kappa shape index (κ1) is 12.2. The summed E-state index contributed by atoms with van der Waals surface area (Å²) in [6, 6.07) is 4.52. The summed E-state index contributed by atoms with van der Waals surface area (Å²) in [5, 5.41) is 3.18. The number of nitrogens with two attached hydrogens (primary N) is 1. The van der Waals surface area contributed by atoms with Crippen LogP contribution in [0.4, 0.5) is 15.8 Å². The van der Waals surface area contributed by atoms with E-state index in [4.69, 9.17) is 5.73 Å². The van der Waals surface area contributed by atoms with Gasteiger partial charge in [-0.1, -0.05) is 6.92 Å². The Labute approximate surface area is 94.4 Å². The molecule has 1 atom stereocenters. The van der Waals surface area contributed by atoms with Crippen LogP contribution in [-0.2, 0) is 0 Å². The third kappa shape index (κ3) is 4.42. The highest BCUT2D eigenvalue weighted by atomic mass is 32.2. The van der Waals surface area contributed by atoms with Gasteiger partial charge >= 0.3 is 0 Å². The zero-order chi connectivity index (χ0) is 11.3. The minimum absolute atomic E-state index is 0.296. The second-order valence-corrected chi connectivity index (χ2v) is 4.63. The van der Waals surface area contributed by atoms with Crippen LogP contribution in [0.2, 0.25) is 0 Å². The third-order valence-electron chi connectivity index (χ3n) is 2.03. The Bertz CT molecular complexity index is 297. The highest BCUT2D eigenvalue weighted by Gasteiger charge is 2.02. The molecule has 0 saturated carbocycles. The molecule has 0 aromatic heterocycles. The van der Waals surface area contributed by atoms with Crippen LogP contribution in [0, 0.1) is 11.7 Å². The van der Waals surface area contributed by atoms with Crippen molar-refractivity contribution < 1.29 is 4.39 Å². The van der Waals surface area contributed by atoms with Gasteiger partial charge in [-0.3, -0.25) is 0 Å². The molecule has 0 spiro atoms. The maximum absolute atomic E-state index is 13.0. The predicted molar refractivity (Wildman–Crippen MR) is 66.8 cm³/mol. The van der Waals surface area contributed by atoms with E-state index in [-0.39, 0.29) is 5.82 Å². The molecule has 4 heteroatoms. The first-order valence-corrected chi connectivity index (χ1v) is 6.30. The van der Waals surface area contributed by atoms with Crippen molar-refractivity contribution in [3.05, 3.63) is 24.0 Å². The summed E-state index contributed by atoms with van der Waals surface area (Å²) in [7, 11) is 0. The molecule has 1 aromatic rings. The molecule has 1 unspecified atom stereocenters. The molecule has 0 amide bonds. The number of hydrogen-bond acceptors (Lipinski definition) is 3. The van der Waals surface area contributed by atoms with E-state index in [1.165, 1.54) is 12.1 Å². The summed E-state index contributed by atoms with van der Waals surface area (Å²) in [5.74, 6) is 1.36. The molecule has 0 aliphatic heterocycles. The van der Waals surface area contributed by atoms with E-state index in [2.05, 4.69) is 18.5 Å². The smallest absolute Gasteiger partial charge is 0.127 e. The van der Waals surface area contributed by atoms with Crippen molar-refractivity contribution in [1.29, 1.82) is 0 Å². The van der Waals surface area contributed by atoms with Gasteiger partial charge in [0.2, 0.25) is 0 Å². The molecule has 0 aliphatic rings. The first-order chi connectivity index (χ1) is 7.11. The molecule has 84 valence electrons. The highest BCUT2D eigenvalue weighted by Crippen LogP contribution is 2.16. The largest absolute Gasteiger partial charge is 0.399 e. The molecule has 0 bridgehead atoms. The lowest BCUT2D eigenvalue weighted by molar-refractivity contribution is 0.628. The standard InChI is InChI=1S/C11H17FN2S/c1-8(7-15-2)6-14-11-4-9(12)3-10(13)5-11/h3-5,8,14H,6-7,13H2,1-2H3. The summed E-state index contributed by atoms with van der Waals surface area (Å²) in [4.78, 5) is 0. The van der Waals surface area contributed by atoms with Gasteiger partial charge in [0.05, 0.1) is 0 Å². The Hall–Kier alpha value is -0.900. The zero-order valence-corrected chi connectivity index (χ0v) is 9.90. The number of anilines is 2. The molecular weight excluding hydrogens is 211 g/mol. The van der Waals surface area contributed by atoms with Gasteiger partial charge in [0.15, 0.2) is 0 Å². The molecule has 0 saturated heterocycles. The predicted octanol–water partition coefficient (Wildman–Crippen LogP) is 2.82. The fourth-order valence-electron chi connectivity index (χ4n) is 1.35. The van der Waals surface area contributed by atoms with Crippen LogP contribution in [0.25, 0.3) is 0 Å². The monoisotopic (exact) mass is 228 g/mol. The lowest BCUT2D eigenvalue weighted by Gasteiger charge is -2.12. The van der Waals surface area contributed by atoms with E-state index in [0.717, 1.165) is 18.0 Å². The van der Waals surface area contributed by atoms with E-state index in [1.54, 1.807) is 6.07 Å². The fraction of sp³-hybridized carbons (Fsp3) is 0.455. The average Bonchev–Trinajstić information content (AvgIpc) is 2.14. The molecule has 1 rings (SSSR count). The molecule has 0 heterocycles. The lowest BCUT2D eigenvalue weighted by atomic mass is 10.2. The molecule has 0 radical (unpaired) electrons. The number of hydrogen-bond donors (Lipinski definition) is 2. The van der Waals surface area contributed by atoms with Crippen molar-refractivity contribution in [2.75, 3.05) is 29.6 Å². The van der Waals surface area contributed by atoms with E-state index in [1.807, 2.05) is 11.8 Å². The van der Waals surface area contributed by atoms with Gasteiger partial charge in [0, 0.05) is 17.9 Å². The summed E-state index contributed by atoms with van der Waals surface area (Å²) in [5.41, 5.74) is 6.74. The first-order valence-electron chi connectivity index (χ1n) is 4.90. The highest BCUT2D eigenvalue weighted by molar-refractivity contribution is 7.98. The summed E-state index contributed by atoms with van der Waals surface area (Å²) >= 11 is 1.81. The molecule has 3 N–H and O–H groups in total. The van der Waals surface area contributed by atoms with Gasteiger partial charge in [-0.05, 0) is 36.1 Å². The van der Waals surface area contributed by atoms with Gasteiger partial charge in [0.1, 0.15) is 5.82 Å². The lowest BCUT2D eigenvalue weighted by Crippen LogP contribution is -2.13. The van der Waals surface area contributed by atoms with E-state index < -0.39 is 0 Å². The van der Waals surface area contributed by atoms with Crippen LogP contribution in [0.15, 0.2) is 18.2 Å². The third-order valence-corrected chi connectivity index (χ3v) is 2.93. The van der Waals surface area contributed by atoms with Crippen LogP contribution in [0.1, 0.15) is 6.92 Å². The molecular formula is C11H17FN2S. The molecule has 0 aliphatic carbocycles. The molecule has 15 heavy (non-hydrogen) atoms. The quantitative estimate of drug-likeness (QED) is 0.761. The number of halogens is 1. The average molecular weight is 228 g/mol. The van der Waals surface area contributed by atoms with Gasteiger partial charge in [-0.2, -0.15) is 11.8 Å². The minimum atomic E-state index is -0.296. The molecule has 2 nitrogen and oxygen atoms in total. The number of rotatable bonds is 5. The SMILES string of the molecule is CSCC(C)CNc1cc(N)cc(F)c1. The summed E-state index contributed by atoms with van der Waals surface area (Å²) in [6.45, 7) is 3.00. The normalized spacial score (nSPS) is 12.5. The maximum atomic E-state index is 13.0.